The molecule has 0 amide bonds. The average Bonchev–Trinajstić information content (AvgIpc) is 2.50. The van der Waals surface area contributed by atoms with E-state index in [2.05, 4.69) is 0 Å². The number of aromatic carboxylic acids is 1. The maximum Gasteiger partial charge on any atom is 0.371 e. The molecular formula is C17H14O5. The smallest absolute Gasteiger partial charge is 0.371 e. The van der Waals surface area contributed by atoms with Crippen molar-refractivity contribution < 1.29 is 19.4 Å². The predicted molar refractivity (Wildman–Crippen MR) is 82.6 cm³/mol. The molecule has 1 heterocycles. The molecule has 5 nitrogen and oxygen atoms in total. The second kappa shape index (κ2) is 5.18. The van der Waals surface area contributed by atoms with Crippen LogP contribution < -0.4 is 5.43 Å². The molecule has 0 fully saturated rings. The summed E-state index contributed by atoms with van der Waals surface area (Å²) in [5.41, 5.74) is 0.341. The number of hydrogen-bond acceptors (Lipinski definition) is 4. The van der Waals surface area contributed by atoms with Crippen LogP contribution >= 0.6 is 0 Å². The van der Waals surface area contributed by atoms with Crippen LogP contribution in [0.25, 0.3) is 21.7 Å². The zero-order valence-electron chi connectivity index (χ0n) is 11.9. The zero-order valence-corrected chi connectivity index (χ0v) is 11.9. The number of hydrogen-bond donors (Lipinski definition) is 2. The number of carboxylic acid groups (broad SMARTS) is 1. The molecule has 0 unspecified atom stereocenters. The number of aromatic hydroxyl groups is 1. The van der Waals surface area contributed by atoms with Crippen LogP contribution in [0.15, 0.2) is 39.5 Å². The molecule has 5 heteroatoms. The van der Waals surface area contributed by atoms with Gasteiger partial charge >= 0.3 is 5.97 Å². The Morgan fingerprint density at radius 2 is 1.91 bits per heavy atom. The molecule has 22 heavy (non-hydrogen) atoms. The summed E-state index contributed by atoms with van der Waals surface area (Å²) in [6.45, 7) is 1.98. The molecule has 2 aromatic carbocycles. The van der Waals surface area contributed by atoms with E-state index in [1.807, 2.05) is 19.1 Å². The number of aryl methyl sites for hydroxylation is 1. The second-order valence-corrected chi connectivity index (χ2v) is 5.11. The van der Waals surface area contributed by atoms with Crippen molar-refractivity contribution in [3.8, 4) is 5.75 Å². The molecule has 0 radical (unpaired) electrons. The van der Waals surface area contributed by atoms with Crippen LogP contribution in [0.4, 0.5) is 0 Å². The summed E-state index contributed by atoms with van der Waals surface area (Å²) in [7, 11) is 0. The number of benzene rings is 2. The van der Waals surface area contributed by atoms with E-state index in [0.29, 0.717) is 11.8 Å². The highest BCUT2D eigenvalue weighted by Crippen LogP contribution is 2.36. The van der Waals surface area contributed by atoms with Gasteiger partial charge < -0.3 is 14.6 Å². The Morgan fingerprint density at radius 3 is 2.55 bits per heavy atom. The Balaban J connectivity index is 2.59. The van der Waals surface area contributed by atoms with Gasteiger partial charge in [-0.1, -0.05) is 37.6 Å². The Morgan fingerprint density at radius 1 is 1.23 bits per heavy atom. The Kier molecular flexibility index (Phi) is 3.33. The molecule has 0 aliphatic rings. The van der Waals surface area contributed by atoms with Crippen LogP contribution in [0.3, 0.4) is 0 Å². The number of carboxylic acids is 1. The standard InChI is InChI=1S/C17H14O5/c1-2-5-11-9-6-3-4-7-10(9)15(19)14-12(18)8-13(17(20)21)22-16(11)14/h3-4,6-8,19H,2,5H2,1H3,(H,20,21). The second-order valence-electron chi connectivity index (χ2n) is 5.11. The van der Waals surface area contributed by atoms with Gasteiger partial charge in [0.1, 0.15) is 16.7 Å². The number of phenols is 1. The van der Waals surface area contributed by atoms with Gasteiger partial charge in [-0.05, 0) is 11.8 Å². The molecular weight excluding hydrogens is 284 g/mol. The summed E-state index contributed by atoms with van der Waals surface area (Å²) in [5, 5.41) is 20.8. The third-order valence-electron chi connectivity index (χ3n) is 3.68. The van der Waals surface area contributed by atoms with Crippen LogP contribution in [0.2, 0.25) is 0 Å². The van der Waals surface area contributed by atoms with E-state index >= 15 is 0 Å². The van der Waals surface area contributed by atoms with Gasteiger partial charge in [-0.2, -0.15) is 0 Å². The van der Waals surface area contributed by atoms with Crippen molar-refractivity contribution in [3.63, 3.8) is 0 Å². The fraction of sp³-hybridized carbons (Fsp3) is 0.176. The number of phenolic OH excluding ortho intramolecular Hbond substituents is 1. The molecule has 0 bridgehead atoms. The van der Waals surface area contributed by atoms with E-state index in [0.717, 1.165) is 23.4 Å². The molecule has 0 aliphatic heterocycles. The molecule has 3 rings (SSSR count). The quantitative estimate of drug-likeness (QED) is 0.724. The third kappa shape index (κ3) is 2.02. The summed E-state index contributed by atoms with van der Waals surface area (Å²) in [4.78, 5) is 23.4. The topological polar surface area (TPSA) is 87.7 Å². The largest absolute Gasteiger partial charge is 0.506 e. The summed E-state index contributed by atoms with van der Waals surface area (Å²) in [6.07, 6.45) is 1.41. The monoisotopic (exact) mass is 298 g/mol. The maximum absolute atomic E-state index is 12.2. The summed E-state index contributed by atoms with van der Waals surface area (Å²) in [6, 6.07) is 8.05. The molecule has 0 saturated heterocycles. The molecule has 0 atom stereocenters. The van der Waals surface area contributed by atoms with Crippen LogP contribution in [0.1, 0.15) is 29.5 Å². The van der Waals surface area contributed by atoms with Crippen molar-refractivity contribution in [2.24, 2.45) is 0 Å². The van der Waals surface area contributed by atoms with Gasteiger partial charge in [0.05, 0.1) is 0 Å². The minimum absolute atomic E-state index is 0.0344. The van der Waals surface area contributed by atoms with Crippen molar-refractivity contribution in [1.82, 2.24) is 0 Å². The lowest BCUT2D eigenvalue weighted by molar-refractivity contribution is 0.0663. The highest BCUT2D eigenvalue weighted by molar-refractivity contribution is 6.06. The molecule has 3 aromatic rings. The van der Waals surface area contributed by atoms with Crippen molar-refractivity contribution >= 4 is 27.7 Å². The summed E-state index contributed by atoms with van der Waals surface area (Å²) >= 11 is 0. The van der Waals surface area contributed by atoms with Gasteiger partial charge in [-0.25, -0.2) is 4.79 Å². The predicted octanol–water partition coefficient (Wildman–Crippen LogP) is 3.30. The lowest BCUT2D eigenvalue weighted by Crippen LogP contribution is -2.08. The fourth-order valence-electron chi connectivity index (χ4n) is 2.74. The van der Waals surface area contributed by atoms with Crippen molar-refractivity contribution in [2.75, 3.05) is 0 Å². The molecule has 0 spiro atoms. The molecule has 1 aromatic heterocycles. The van der Waals surface area contributed by atoms with Gasteiger partial charge in [-0.15, -0.1) is 0 Å². The van der Waals surface area contributed by atoms with E-state index < -0.39 is 17.2 Å². The van der Waals surface area contributed by atoms with E-state index in [-0.39, 0.29) is 16.7 Å². The van der Waals surface area contributed by atoms with Gasteiger partial charge in [0, 0.05) is 17.0 Å². The SMILES string of the molecule is CCCc1c2ccccc2c(O)c2c(=O)cc(C(=O)O)oc12. The van der Waals surface area contributed by atoms with E-state index in [1.165, 1.54) is 0 Å². The van der Waals surface area contributed by atoms with Crippen molar-refractivity contribution in [1.29, 1.82) is 0 Å². The van der Waals surface area contributed by atoms with Gasteiger partial charge in [0.25, 0.3) is 0 Å². The number of fused-ring (bicyclic) bond motifs is 2. The lowest BCUT2D eigenvalue weighted by atomic mass is 9.96. The molecule has 112 valence electrons. The van der Waals surface area contributed by atoms with Crippen LogP contribution in [-0.2, 0) is 6.42 Å². The average molecular weight is 298 g/mol. The zero-order chi connectivity index (χ0) is 15.9. The Hall–Kier alpha value is -2.82. The third-order valence-corrected chi connectivity index (χ3v) is 3.68. The van der Waals surface area contributed by atoms with Crippen LogP contribution in [0.5, 0.6) is 5.75 Å². The first-order chi connectivity index (χ1) is 10.5. The first-order valence-electron chi connectivity index (χ1n) is 6.98. The molecule has 0 aliphatic carbocycles. The first kappa shape index (κ1) is 14.1. The molecule has 0 saturated carbocycles. The van der Waals surface area contributed by atoms with E-state index in [1.54, 1.807) is 12.1 Å². The number of rotatable bonds is 3. The van der Waals surface area contributed by atoms with Crippen molar-refractivity contribution in [3.05, 3.63) is 51.9 Å². The van der Waals surface area contributed by atoms with Gasteiger partial charge in [0.15, 0.2) is 5.43 Å². The Labute approximate surface area is 125 Å². The summed E-state index contributed by atoms with van der Waals surface area (Å²) < 4.78 is 5.42. The van der Waals surface area contributed by atoms with Gasteiger partial charge in [0.2, 0.25) is 5.76 Å². The molecule has 2 N–H and O–H groups in total. The normalized spacial score (nSPS) is 11.1. The highest BCUT2D eigenvalue weighted by atomic mass is 16.4. The van der Waals surface area contributed by atoms with E-state index in [4.69, 9.17) is 9.52 Å². The fourth-order valence-corrected chi connectivity index (χ4v) is 2.74. The lowest BCUT2D eigenvalue weighted by Gasteiger charge is -2.12. The maximum atomic E-state index is 12.2. The Bertz CT molecular complexity index is 953. The van der Waals surface area contributed by atoms with Crippen LogP contribution in [-0.4, -0.2) is 16.2 Å². The highest BCUT2D eigenvalue weighted by Gasteiger charge is 2.20. The number of carbonyl (C=O) groups is 1. The first-order valence-corrected chi connectivity index (χ1v) is 6.98. The van der Waals surface area contributed by atoms with Crippen LogP contribution in [0, 0.1) is 0 Å². The van der Waals surface area contributed by atoms with Gasteiger partial charge in [-0.3, -0.25) is 4.79 Å². The summed E-state index contributed by atoms with van der Waals surface area (Å²) in [5.74, 6) is -1.91. The van der Waals surface area contributed by atoms with Crippen molar-refractivity contribution in [2.45, 2.75) is 19.8 Å². The minimum Gasteiger partial charge on any atom is -0.506 e. The minimum atomic E-state index is -1.31. The van der Waals surface area contributed by atoms with E-state index in [9.17, 15) is 14.7 Å².